The minimum atomic E-state index is -2.01. The van der Waals surface area contributed by atoms with Crippen LogP contribution < -0.4 is 4.74 Å². The van der Waals surface area contributed by atoms with Crippen molar-refractivity contribution in [3.05, 3.63) is 28.8 Å². The van der Waals surface area contributed by atoms with Crippen LogP contribution in [-0.2, 0) is 4.79 Å². The Labute approximate surface area is 76.1 Å². The molecule has 0 amide bonds. The van der Waals surface area contributed by atoms with Gasteiger partial charge in [-0.05, 0) is 6.92 Å². The fourth-order valence-corrected chi connectivity index (χ4v) is 0.910. The Morgan fingerprint density at radius 2 is 1.50 bits per heavy atom. The summed E-state index contributed by atoms with van der Waals surface area (Å²) in [7, 11) is 0. The van der Waals surface area contributed by atoms with E-state index in [1.807, 2.05) is 0 Å². The summed E-state index contributed by atoms with van der Waals surface area (Å²) in [5.74, 6) is -8.20. The van der Waals surface area contributed by atoms with Crippen LogP contribution in [0.2, 0.25) is 0 Å². The summed E-state index contributed by atoms with van der Waals surface area (Å²) in [4.78, 5) is 9.86. The molecule has 1 aromatic rings. The van der Waals surface area contributed by atoms with Gasteiger partial charge in [0.2, 0.25) is 11.6 Å². The molecule has 1 rings (SSSR count). The van der Waals surface area contributed by atoms with Crippen LogP contribution in [0.25, 0.3) is 0 Å². The Morgan fingerprint density at radius 3 is 2.00 bits per heavy atom. The topological polar surface area (TPSA) is 26.3 Å². The van der Waals surface area contributed by atoms with E-state index in [1.165, 1.54) is 0 Å². The summed E-state index contributed by atoms with van der Waals surface area (Å²) in [6.07, 6.45) is 0. The van der Waals surface area contributed by atoms with Crippen LogP contribution in [0.5, 0.6) is 5.75 Å². The maximum atomic E-state index is 12.8. The minimum absolute atomic E-state index is 0.206. The number of halogens is 4. The van der Waals surface area contributed by atoms with Crippen LogP contribution in [0, 0.1) is 30.2 Å². The van der Waals surface area contributed by atoms with Gasteiger partial charge in [-0.15, -0.1) is 0 Å². The molecule has 2 nitrogen and oxygen atoms in total. The van der Waals surface area contributed by atoms with Crippen LogP contribution >= 0.6 is 0 Å². The Bertz CT molecular complexity index is 360. The Kier molecular flexibility index (Phi) is 2.73. The summed E-state index contributed by atoms with van der Waals surface area (Å²) in [5.41, 5.74) is -0.603. The number of hydrogen-bond acceptors (Lipinski definition) is 2. The Morgan fingerprint density at radius 1 is 1.00 bits per heavy atom. The fraction of sp³-hybridized carbons (Fsp3) is 0.125. The van der Waals surface area contributed by atoms with Gasteiger partial charge in [-0.2, -0.15) is 4.39 Å². The number of rotatable bonds is 2. The van der Waals surface area contributed by atoms with Gasteiger partial charge in [0.25, 0.3) is 6.47 Å². The van der Waals surface area contributed by atoms with E-state index in [-0.39, 0.29) is 6.47 Å². The summed E-state index contributed by atoms with van der Waals surface area (Å²) in [5, 5.41) is 0. The molecule has 0 N–H and O–H groups in total. The molecule has 1 aromatic carbocycles. The molecule has 0 atom stereocenters. The molecule has 0 aromatic heterocycles. The molecule has 0 aliphatic heterocycles. The van der Waals surface area contributed by atoms with Gasteiger partial charge in [-0.25, -0.2) is 13.2 Å². The smallest absolute Gasteiger partial charge is 0.298 e. The standard InChI is InChI=1S/C8H4F4O2/c1-3-4(9)5(10)6(11)7(12)8(3)14-2-13/h2H,1H3. The molecule has 0 unspecified atom stereocenters. The van der Waals surface area contributed by atoms with E-state index < -0.39 is 34.6 Å². The van der Waals surface area contributed by atoms with Crippen molar-refractivity contribution >= 4 is 6.47 Å². The zero-order chi connectivity index (χ0) is 10.9. The lowest BCUT2D eigenvalue weighted by Gasteiger charge is -2.07. The molecule has 0 aliphatic rings. The highest BCUT2D eigenvalue weighted by Crippen LogP contribution is 2.29. The molecule has 0 radical (unpaired) electrons. The number of benzene rings is 1. The van der Waals surface area contributed by atoms with Gasteiger partial charge in [0.05, 0.1) is 0 Å². The first-order valence-corrected chi connectivity index (χ1v) is 3.43. The molecule has 0 saturated heterocycles. The summed E-state index contributed by atoms with van der Waals surface area (Å²) >= 11 is 0. The van der Waals surface area contributed by atoms with Crippen LogP contribution in [0.4, 0.5) is 17.6 Å². The molecule has 0 spiro atoms. The molecule has 6 heteroatoms. The SMILES string of the molecule is Cc1c(F)c(F)c(F)c(F)c1OC=O. The van der Waals surface area contributed by atoms with Gasteiger partial charge in [0.15, 0.2) is 17.4 Å². The van der Waals surface area contributed by atoms with E-state index >= 15 is 0 Å². The summed E-state index contributed by atoms with van der Waals surface area (Å²) < 4.78 is 54.7. The first kappa shape index (κ1) is 10.5. The van der Waals surface area contributed by atoms with Crippen molar-refractivity contribution in [3.8, 4) is 5.75 Å². The highest BCUT2D eigenvalue weighted by molar-refractivity contribution is 5.49. The summed E-state index contributed by atoms with van der Waals surface area (Å²) in [6.45, 7) is 0.752. The monoisotopic (exact) mass is 208 g/mol. The van der Waals surface area contributed by atoms with Crippen LogP contribution in [0.1, 0.15) is 5.56 Å². The van der Waals surface area contributed by atoms with Crippen molar-refractivity contribution in [1.29, 1.82) is 0 Å². The Hall–Kier alpha value is -1.59. The van der Waals surface area contributed by atoms with E-state index in [0.29, 0.717) is 0 Å². The molecule has 0 saturated carbocycles. The Balaban J connectivity index is 3.50. The first-order valence-electron chi connectivity index (χ1n) is 3.43. The van der Waals surface area contributed by atoms with Gasteiger partial charge < -0.3 is 4.74 Å². The van der Waals surface area contributed by atoms with E-state index in [2.05, 4.69) is 4.74 Å². The van der Waals surface area contributed by atoms with E-state index in [1.54, 1.807) is 0 Å². The van der Waals surface area contributed by atoms with Crippen molar-refractivity contribution in [3.63, 3.8) is 0 Å². The average molecular weight is 208 g/mol. The molecule has 76 valence electrons. The second kappa shape index (κ2) is 3.65. The van der Waals surface area contributed by atoms with Crippen LogP contribution in [-0.4, -0.2) is 6.47 Å². The van der Waals surface area contributed by atoms with E-state index in [4.69, 9.17) is 0 Å². The van der Waals surface area contributed by atoms with Crippen LogP contribution in [0.15, 0.2) is 0 Å². The number of ether oxygens (including phenoxy) is 1. The highest BCUT2D eigenvalue weighted by Gasteiger charge is 2.23. The highest BCUT2D eigenvalue weighted by atomic mass is 19.2. The molecular formula is C8H4F4O2. The number of carbonyl (C=O) groups is 1. The fourth-order valence-electron chi connectivity index (χ4n) is 0.910. The third kappa shape index (κ3) is 1.43. The number of hydrogen-bond donors (Lipinski definition) is 0. The third-order valence-corrected chi connectivity index (χ3v) is 1.61. The lowest BCUT2D eigenvalue weighted by molar-refractivity contribution is -0.121. The lowest BCUT2D eigenvalue weighted by atomic mass is 10.2. The van der Waals surface area contributed by atoms with Crippen molar-refractivity contribution in [1.82, 2.24) is 0 Å². The van der Waals surface area contributed by atoms with Crippen molar-refractivity contribution in [2.24, 2.45) is 0 Å². The lowest BCUT2D eigenvalue weighted by Crippen LogP contribution is -2.04. The quantitative estimate of drug-likeness (QED) is 0.322. The second-order valence-corrected chi connectivity index (χ2v) is 2.42. The van der Waals surface area contributed by atoms with Crippen molar-refractivity contribution in [2.45, 2.75) is 6.92 Å². The largest absolute Gasteiger partial charge is 0.425 e. The average Bonchev–Trinajstić information content (AvgIpc) is 2.19. The van der Waals surface area contributed by atoms with Gasteiger partial charge in [0.1, 0.15) is 0 Å². The minimum Gasteiger partial charge on any atom is -0.425 e. The first-order chi connectivity index (χ1) is 6.50. The second-order valence-electron chi connectivity index (χ2n) is 2.42. The van der Waals surface area contributed by atoms with Gasteiger partial charge in [0, 0.05) is 5.56 Å². The molecular weight excluding hydrogens is 204 g/mol. The maximum absolute atomic E-state index is 12.8. The maximum Gasteiger partial charge on any atom is 0.298 e. The molecule has 0 heterocycles. The summed E-state index contributed by atoms with van der Waals surface area (Å²) in [6, 6.07) is 0. The van der Waals surface area contributed by atoms with Crippen molar-refractivity contribution < 1.29 is 27.1 Å². The van der Waals surface area contributed by atoms with Gasteiger partial charge in [-0.3, -0.25) is 4.79 Å². The zero-order valence-electron chi connectivity index (χ0n) is 6.91. The third-order valence-electron chi connectivity index (χ3n) is 1.61. The van der Waals surface area contributed by atoms with Crippen LogP contribution in [0.3, 0.4) is 0 Å². The van der Waals surface area contributed by atoms with Gasteiger partial charge >= 0.3 is 0 Å². The predicted molar refractivity (Wildman–Crippen MR) is 37.7 cm³/mol. The zero-order valence-corrected chi connectivity index (χ0v) is 6.91. The molecule has 0 bridgehead atoms. The molecule has 14 heavy (non-hydrogen) atoms. The molecule has 0 fully saturated rings. The molecule has 0 aliphatic carbocycles. The normalized spacial score (nSPS) is 10.1. The van der Waals surface area contributed by atoms with Crippen molar-refractivity contribution in [2.75, 3.05) is 0 Å². The van der Waals surface area contributed by atoms with Gasteiger partial charge in [-0.1, -0.05) is 0 Å². The van der Waals surface area contributed by atoms with E-state index in [0.717, 1.165) is 6.92 Å². The predicted octanol–water partition coefficient (Wildman–Crippen LogP) is 2.09. The number of carbonyl (C=O) groups excluding carboxylic acids is 1. The van der Waals surface area contributed by atoms with E-state index in [9.17, 15) is 22.4 Å².